The van der Waals surface area contributed by atoms with Gasteiger partial charge in [0, 0.05) is 62.7 Å². The van der Waals surface area contributed by atoms with E-state index < -0.39 is 11.7 Å². The van der Waals surface area contributed by atoms with Gasteiger partial charge in [-0.2, -0.15) is 13.2 Å². The van der Waals surface area contributed by atoms with Gasteiger partial charge < -0.3 is 9.64 Å². The van der Waals surface area contributed by atoms with E-state index in [0.717, 1.165) is 64.0 Å². The van der Waals surface area contributed by atoms with Crippen LogP contribution in [-0.2, 0) is 10.9 Å². The summed E-state index contributed by atoms with van der Waals surface area (Å²) < 4.78 is 45.3. The number of anilines is 1. The zero-order valence-corrected chi connectivity index (χ0v) is 14.5. The highest BCUT2D eigenvalue weighted by Gasteiger charge is 2.34. The largest absolute Gasteiger partial charge is 0.418 e. The van der Waals surface area contributed by atoms with Gasteiger partial charge in [-0.15, -0.1) is 0 Å². The molecule has 0 atom stereocenters. The molecule has 0 aliphatic carbocycles. The molecule has 2 fully saturated rings. The summed E-state index contributed by atoms with van der Waals surface area (Å²) in [5.41, 5.74) is 0.203. The highest BCUT2D eigenvalue weighted by atomic mass is 19.4. The maximum atomic E-state index is 13.3. The molecule has 1 aromatic carbocycles. The SMILES string of the molecule is FC(F)(F)c1cccc2c(N3CCN(C4CCOCC4)CC3)ccnc12. The quantitative estimate of drug-likeness (QED) is 0.814. The monoisotopic (exact) mass is 365 g/mol. The Balaban J connectivity index is 1.56. The van der Waals surface area contributed by atoms with Crippen molar-refractivity contribution in [2.24, 2.45) is 0 Å². The Morgan fingerprint density at radius 1 is 1.00 bits per heavy atom. The highest BCUT2D eigenvalue weighted by molar-refractivity contribution is 5.93. The molecule has 2 aromatic rings. The van der Waals surface area contributed by atoms with E-state index in [0.29, 0.717) is 11.4 Å². The average molecular weight is 365 g/mol. The third kappa shape index (κ3) is 3.38. The first-order chi connectivity index (χ1) is 12.5. The summed E-state index contributed by atoms with van der Waals surface area (Å²) in [7, 11) is 0. The minimum Gasteiger partial charge on any atom is -0.381 e. The lowest BCUT2D eigenvalue weighted by Crippen LogP contribution is -2.51. The molecule has 2 saturated heterocycles. The molecule has 26 heavy (non-hydrogen) atoms. The third-order valence-electron chi connectivity index (χ3n) is 5.42. The van der Waals surface area contributed by atoms with Gasteiger partial charge in [0.1, 0.15) is 0 Å². The van der Waals surface area contributed by atoms with Crippen LogP contribution in [0.25, 0.3) is 10.9 Å². The predicted octanol–water partition coefficient (Wildman–Crippen LogP) is 3.55. The first kappa shape index (κ1) is 17.5. The van der Waals surface area contributed by atoms with E-state index >= 15 is 0 Å². The maximum Gasteiger partial charge on any atom is 0.418 e. The molecule has 4 rings (SSSR count). The van der Waals surface area contributed by atoms with Crippen molar-refractivity contribution in [1.29, 1.82) is 0 Å². The van der Waals surface area contributed by atoms with Crippen LogP contribution in [0.1, 0.15) is 18.4 Å². The molecule has 7 heteroatoms. The normalized spacial score (nSPS) is 20.7. The second-order valence-electron chi connectivity index (χ2n) is 6.90. The van der Waals surface area contributed by atoms with Crippen molar-refractivity contribution < 1.29 is 17.9 Å². The summed E-state index contributed by atoms with van der Waals surface area (Å²) >= 11 is 0. The Kier molecular flexibility index (Phi) is 4.75. The minimum atomic E-state index is -4.40. The summed E-state index contributed by atoms with van der Waals surface area (Å²) in [6.45, 7) is 5.11. The summed E-state index contributed by atoms with van der Waals surface area (Å²) in [5, 5.41) is 0.571. The number of halogens is 3. The van der Waals surface area contributed by atoms with Crippen molar-refractivity contribution in [3.05, 3.63) is 36.0 Å². The second-order valence-corrected chi connectivity index (χ2v) is 6.90. The number of para-hydroxylation sites is 1. The fraction of sp³-hybridized carbons (Fsp3) is 0.526. The molecule has 0 radical (unpaired) electrons. The molecule has 3 heterocycles. The van der Waals surface area contributed by atoms with E-state index in [-0.39, 0.29) is 5.52 Å². The Bertz CT molecular complexity index is 766. The Hall–Kier alpha value is -1.86. The highest BCUT2D eigenvalue weighted by Crippen LogP contribution is 2.36. The lowest BCUT2D eigenvalue weighted by atomic mass is 10.0. The van der Waals surface area contributed by atoms with Gasteiger partial charge in [-0.1, -0.05) is 12.1 Å². The van der Waals surface area contributed by atoms with Crippen LogP contribution in [-0.4, -0.2) is 55.3 Å². The van der Waals surface area contributed by atoms with Gasteiger partial charge in [0.15, 0.2) is 0 Å². The molecule has 0 unspecified atom stereocenters. The molecule has 2 aliphatic heterocycles. The lowest BCUT2D eigenvalue weighted by Gasteiger charge is -2.41. The number of benzene rings is 1. The maximum absolute atomic E-state index is 13.3. The van der Waals surface area contributed by atoms with Crippen LogP contribution in [0, 0.1) is 0 Å². The zero-order valence-electron chi connectivity index (χ0n) is 14.5. The fourth-order valence-corrected chi connectivity index (χ4v) is 4.04. The van der Waals surface area contributed by atoms with Crippen molar-refractivity contribution in [2.45, 2.75) is 25.1 Å². The van der Waals surface area contributed by atoms with Crippen molar-refractivity contribution in [3.63, 3.8) is 0 Å². The Labute approximate surface area is 150 Å². The van der Waals surface area contributed by atoms with Gasteiger partial charge in [0.2, 0.25) is 0 Å². The van der Waals surface area contributed by atoms with E-state index in [4.69, 9.17) is 4.74 Å². The molecule has 140 valence electrons. The van der Waals surface area contributed by atoms with Crippen molar-refractivity contribution in [1.82, 2.24) is 9.88 Å². The first-order valence-corrected chi connectivity index (χ1v) is 9.06. The van der Waals surface area contributed by atoms with Crippen LogP contribution in [0.15, 0.2) is 30.5 Å². The number of alkyl halides is 3. The molecular weight excluding hydrogens is 343 g/mol. The molecule has 2 aliphatic rings. The molecule has 0 bridgehead atoms. The van der Waals surface area contributed by atoms with E-state index in [9.17, 15) is 13.2 Å². The number of aromatic nitrogens is 1. The zero-order chi connectivity index (χ0) is 18.1. The van der Waals surface area contributed by atoms with Crippen molar-refractivity contribution >= 4 is 16.6 Å². The molecule has 0 amide bonds. The van der Waals surface area contributed by atoms with E-state index in [1.807, 2.05) is 6.07 Å². The Morgan fingerprint density at radius 3 is 2.42 bits per heavy atom. The number of fused-ring (bicyclic) bond motifs is 1. The number of hydrogen-bond donors (Lipinski definition) is 0. The third-order valence-corrected chi connectivity index (χ3v) is 5.42. The first-order valence-electron chi connectivity index (χ1n) is 9.06. The van der Waals surface area contributed by atoms with Crippen LogP contribution in [0.3, 0.4) is 0 Å². The summed E-state index contributed by atoms with van der Waals surface area (Å²) in [6, 6.07) is 6.69. The standard InChI is InChI=1S/C19H22F3N3O/c20-19(21,22)16-3-1-2-15-17(4-7-23-18(15)16)25-10-8-24(9-11-25)14-5-12-26-13-6-14/h1-4,7,14H,5-6,8-13H2. The lowest BCUT2D eigenvalue weighted by molar-refractivity contribution is -0.136. The number of hydrogen-bond acceptors (Lipinski definition) is 4. The predicted molar refractivity (Wildman–Crippen MR) is 94.4 cm³/mol. The molecular formula is C19H22F3N3O. The van der Waals surface area contributed by atoms with Crippen LogP contribution in [0.5, 0.6) is 0 Å². The van der Waals surface area contributed by atoms with E-state index in [2.05, 4.69) is 14.8 Å². The number of piperazine rings is 1. The summed E-state index contributed by atoms with van der Waals surface area (Å²) in [4.78, 5) is 8.69. The molecule has 0 N–H and O–H groups in total. The van der Waals surface area contributed by atoms with Crippen LogP contribution < -0.4 is 4.90 Å². The van der Waals surface area contributed by atoms with Crippen LogP contribution in [0.4, 0.5) is 18.9 Å². The molecule has 1 aromatic heterocycles. The topological polar surface area (TPSA) is 28.6 Å². The van der Waals surface area contributed by atoms with Gasteiger partial charge in [-0.25, -0.2) is 0 Å². The van der Waals surface area contributed by atoms with Crippen molar-refractivity contribution in [3.8, 4) is 0 Å². The number of rotatable bonds is 2. The molecule has 4 nitrogen and oxygen atoms in total. The van der Waals surface area contributed by atoms with Gasteiger partial charge >= 0.3 is 6.18 Å². The van der Waals surface area contributed by atoms with Gasteiger partial charge in [-0.05, 0) is 25.0 Å². The van der Waals surface area contributed by atoms with Gasteiger partial charge in [0.25, 0.3) is 0 Å². The number of nitrogens with zero attached hydrogens (tertiary/aromatic N) is 3. The average Bonchev–Trinajstić information content (AvgIpc) is 2.67. The minimum absolute atomic E-state index is 0.0318. The number of pyridine rings is 1. The van der Waals surface area contributed by atoms with Crippen LogP contribution in [0.2, 0.25) is 0 Å². The summed E-state index contributed by atoms with van der Waals surface area (Å²) in [6.07, 6.45) is -0.787. The van der Waals surface area contributed by atoms with Gasteiger partial charge in [0.05, 0.1) is 11.1 Å². The van der Waals surface area contributed by atoms with Crippen LogP contribution >= 0.6 is 0 Å². The summed E-state index contributed by atoms with van der Waals surface area (Å²) in [5.74, 6) is 0. The smallest absolute Gasteiger partial charge is 0.381 e. The fourth-order valence-electron chi connectivity index (χ4n) is 4.04. The molecule has 0 spiro atoms. The van der Waals surface area contributed by atoms with Gasteiger partial charge in [-0.3, -0.25) is 9.88 Å². The Morgan fingerprint density at radius 2 is 1.73 bits per heavy atom. The number of ether oxygens (including phenoxy) is 1. The van der Waals surface area contributed by atoms with E-state index in [1.54, 1.807) is 6.07 Å². The molecule has 0 saturated carbocycles. The van der Waals surface area contributed by atoms with E-state index in [1.165, 1.54) is 12.3 Å². The van der Waals surface area contributed by atoms with Crippen molar-refractivity contribution in [2.75, 3.05) is 44.3 Å². The second kappa shape index (κ2) is 7.04.